The second kappa shape index (κ2) is 7.63. The molecule has 0 saturated carbocycles. The van der Waals surface area contributed by atoms with Crippen molar-refractivity contribution in [2.75, 3.05) is 13.1 Å². The second-order valence-electron chi connectivity index (χ2n) is 6.74. The Balaban J connectivity index is 1.28. The van der Waals surface area contributed by atoms with Crippen LogP contribution in [0.5, 0.6) is 5.75 Å². The Kier molecular flexibility index (Phi) is 4.88. The van der Waals surface area contributed by atoms with Crippen LogP contribution in [0.15, 0.2) is 53.7 Å². The lowest BCUT2D eigenvalue weighted by Crippen LogP contribution is -2.52. The molecule has 2 aromatic heterocycles. The summed E-state index contributed by atoms with van der Waals surface area (Å²) in [7, 11) is 0. The third-order valence-electron chi connectivity index (χ3n) is 4.60. The molecule has 3 aromatic rings. The number of likely N-dealkylation sites (tertiary alicyclic amines) is 1. The van der Waals surface area contributed by atoms with Crippen molar-refractivity contribution in [1.29, 1.82) is 0 Å². The number of aromatic nitrogens is 5. The van der Waals surface area contributed by atoms with Gasteiger partial charge in [0.05, 0.1) is 18.6 Å². The fourth-order valence-corrected chi connectivity index (χ4v) is 2.94. The van der Waals surface area contributed by atoms with E-state index in [1.807, 2.05) is 36.5 Å². The third-order valence-corrected chi connectivity index (χ3v) is 4.60. The number of nitrogens with zero attached hydrogens (tertiary/aromatic N) is 6. The zero-order valence-corrected chi connectivity index (χ0v) is 15.4. The second-order valence-corrected chi connectivity index (χ2v) is 6.74. The molecule has 1 aliphatic rings. The molecule has 1 fully saturated rings. The van der Waals surface area contributed by atoms with E-state index in [0.717, 1.165) is 11.4 Å². The molecule has 0 spiro atoms. The van der Waals surface area contributed by atoms with Gasteiger partial charge in [0.2, 0.25) is 5.91 Å². The van der Waals surface area contributed by atoms with Gasteiger partial charge in [0.1, 0.15) is 24.6 Å². The number of para-hydroxylation sites is 1. The number of hydrogen-bond donors (Lipinski definition) is 0. The van der Waals surface area contributed by atoms with Gasteiger partial charge in [-0.3, -0.25) is 14.2 Å². The zero-order valence-electron chi connectivity index (χ0n) is 15.4. The highest BCUT2D eigenvalue weighted by atomic mass is 16.5. The maximum atomic E-state index is 12.3. The van der Waals surface area contributed by atoms with E-state index in [2.05, 4.69) is 15.3 Å². The Morgan fingerprint density at radius 1 is 1.25 bits per heavy atom. The molecule has 28 heavy (non-hydrogen) atoms. The standard InChI is InChI=1S/C19H20N6O3/c1-14-7-18(26)24(13-20-14)11-19(27)23-9-16(10-23)25-8-15(21-22-25)12-28-17-5-3-2-4-6-17/h2-8,13,16H,9-12H2,1H3. The molecule has 1 amide bonds. The van der Waals surface area contributed by atoms with Crippen molar-refractivity contribution < 1.29 is 9.53 Å². The lowest BCUT2D eigenvalue weighted by Gasteiger charge is -2.38. The molecule has 1 aromatic carbocycles. The van der Waals surface area contributed by atoms with Crippen molar-refractivity contribution in [1.82, 2.24) is 29.4 Å². The van der Waals surface area contributed by atoms with E-state index in [1.165, 1.54) is 17.0 Å². The molecular weight excluding hydrogens is 360 g/mol. The van der Waals surface area contributed by atoms with Crippen LogP contribution in [0.2, 0.25) is 0 Å². The fourth-order valence-electron chi connectivity index (χ4n) is 2.94. The number of amides is 1. The monoisotopic (exact) mass is 380 g/mol. The van der Waals surface area contributed by atoms with Gasteiger partial charge < -0.3 is 9.64 Å². The maximum Gasteiger partial charge on any atom is 0.253 e. The van der Waals surface area contributed by atoms with Crippen LogP contribution in [-0.4, -0.2) is 48.4 Å². The van der Waals surface area contributed by atoms with E-state index in [1.54, 1.807) is 16.5 Å². The SMILES string of the molecule is Cc1cc(=O)n(CC(=O)N2CC(n3cc(COc4ccccc4)nn3)C2)cn1. The molecule has 1 saturated heterocycles. The first-order valence-electron chi connectivity index (χ1n) is 8.98. The van der Waals surface area contributed by atoms with Crippen LogP contribution in [0.25, 0.3) is 0 Å². The van der Waals surface area contributed by atoms with Gasteiger partial charge in [-0.15, -0.1) is 5.10 Å². The highest BCUT2D eigenvalue weighted by Gasteiger charge is 2.32. The Labute approximate surface area is 161 Å². The molecule has 0 radical (unpaired) electrons. The Morgan fingerprint density at radius 2 is 2.04 bits per heavy atom. The predicted octanol–water partition coefficient (Wildman–Crippen LogP) is 0.806. The van der Waals surface area contributed by atoms with E-state index in [4.69, 9.17) is 4.74 Å². The average Bonchev–Trinajstić information content (AvgIpc) is 3.10. The minimum Gasteiger partial charge on any atom is -0.487 e. The number of aryl methyl sites for hydroxylation is 1. The van der Waals surface area contributed by atoms with Gasteiger partial charge in [-0.25, -0.2) is 9.67 Å². The number of rotatable bonds is 6. The van der Waals surface area contributed by atoms with Crippen LogP contribution in [0.1, 0.15) is 17.4 Å². The van der Waals surface area contributed by atoms with Crippen molar-refractivity contribution in [3.8, 4) is 5.75 Å². The number of benzene rings is 1. The van der Waals surface area contributed by atoms with Crippen LogP contribution in [-0.2, 0) is 17.9 Å². The highest BCUT2D eigenvalue weighted by Crippen LogP contribution is 2.21. The van der Waals surface area contributed by atoms with Gasteiger partial charge in [-0.1, -0.05) is 23.4 Å². The number of carbonyl (C=O) groups is 1. The summed E-state index contributed by atoms with van der Waals surface area (Å²) in [5.74, 6) is 0.662. The molecule has 0 atom stereocenters. The van der Waals surface area contributed by atoms with Gasteiger partial charge in [-0.05, 0) is 19.1 Å². The summed E-state index contributed by atoms with van der Waals surface area (Å²) in [6, 6.07) is 11.0. The first-order valence-corrected chi connectivity index (χ1v) is 8.98. The largest absolute Gasteiger partial charge is 0.487 e. The minimum absolute atomic E-state index is 0.00758. The molecule has 0 bridgehead atoms. The molecular formula is C19H20N6O3. The summed E-state index contributed by atoms with van der Waals surface area (Å²) in [6.45, 7) is 3.14. The summed E-state index contributed by atoms with van der Waals surface area (Å²) in [5, 5.41) is 8.26. The molecule has 1 aliphatic heterocycles. The summed E-state index contributed by atoms with van der Waals surface area (Å²) >= 11 is 0. The third kappa shape index (κ3) is 3.93. The highest BCUT2D eigenvalue weighted by molar-refractivity contribution is 5.76. The van der Waals surface area contributed by atoms with Crippen LogP contribution >= 0.6 is 0 Å². The average molecular weight is 380 g/mol. The van der Waals surface area contributed by atoms with Crippen LogP contribution in [0.3, 0.4) is 0 Å². The van der Waals surface area contributed by atoms with Gasteiger partial charge in [0.25, 0.3) is 5.56 Å². The summed E-state index contributed by atoms with van der Waals surface area (Å²) < 4.78 is 8.74. The molecule has 3 heterocycles. The van der Waals surface area contributed by atoms with Gasteiger partial charge in [0, 0.05) is 24.8 Å². The predicted molar refractivity (Wildman–Crippen MR) is 99.6 cm³/mol. The Bertz CT molecular complexity index is 1020. The zero-order chi connectivity index (χ0) is 19.5. The lowest BCUT2D eigenvalue weighted by molar-refractivity contribution is -0.137. The van der Waals surface area contributed by atoms with Crippen LogP contribution in [0.4, 0.5) is 0 Å². The normalized spacial score (nSPS) is 14.0. The Hall–Kier alpha value is -3.49. The summed E-state index contributed by atoms with van der Waals surface area (Å²) in [5.41, 5.74) is 1.14. The summed E-state index contributed by atoms with van der Waals surface area (Å²) in [4.78, 5) is 30.0. The molecule has 0 unspecified atom stereocenters. The van der Waals surface area contributed by atoms with Gasteiger partial charge in [-0.2, -0.15) is 0 Å². The fraction of sp³-hybridized carbons (Fsp3) is 0.316. The van der Waals surface area contributed by atoms with Crippen LogP contribution in [0, 0.1) is 6.92 Å². The number of carbonyl (C=O) groups excluding carboxylic acids is 1. The summed E-state index contributed by atoms with van der Waals surface area (Å²) in [6.07, 6.45) is 3.24. The van der Waals surface area contributed by atoms with Crippen molar-refractivity contribution in [3.05, 3.63) is 70.7 Å². The van der Waals surface area contributed by atoms with E-state index in [9.17, 15) is 9.59 Å². The van der Waals surface area contributed by atoms with E-state index in [-0.39, 0.29) is 24.1 Å². The van der Waals surface area contributed by atoms with Gasteiger partial charge in [0.15, 0.2) is 0 Å². The smallest absolute Gasteiger partial charge is 0.253 e. The lowest BCUT2D eigenvalue weighted by atomic mass is 10.1. The molecule has 4 rings (SSSR count). The molecule has 0 aliphatic carbocycles. The topological polar surface area (TPSA) is 95.1 Å². The minimum atomic E-state index is -0.225. The molecule has 9 heteroatoms. The van der Waals surface area contributed by atoms with Crippen molar-refractivity contribution in [2.24, 2.45) is 0 Å². The van der Waals surface area contributed by atoms with Crippen molar-refractivity contribution in [2.45, 2.75) is 26.1 Å². The van der Waals surface area contributed by atoms with E-state index < -0.39 is 0 Å². The van der Waals surface area contributed by atoms with Gasteiger partial charge >= 0.3 is 0 Å². The quantitative estimate of drug-likeness (QED) is 0.628. The van der Waals surface area contributed by atoms with E-state index in [0.29, 0.717) is 25.4 Å². The first-order chi connectivity index (χ1) is 13.6. The number of hydrogen-bond acceptors (Lipinski definition) is 6. The molecule has 0 N–H and O–H groups in total. The molecule has 9 nitrogen and oxygen atoms in total. The van der Waals surface area contributed by atoms with E-state index >= 15 is 0 Å². The van der Waals surface area contributed by atoms with Crippen molar-refractivity contribution in [3.63, 3.8) is 0 Å². The maximum absolute atomic E-state index is 12.3. The molecule has 144 valence electrons. The van der Waals surface area contributed by atoms with Crippen LogP contribution < -0.4 is 10.3 Å². The Morgan fingerprint density at radius 3 is 2.79 bits per heavy atom. The first kappa shape index (κ1) is 17.9. The number of ether oxygens (including phenoxy) is 1. The van der Waals surface area contributed by atoms with Crippen molar-refractivity contribution >= 4 is 5.91 Å².